The molecular formula is C23H25F2N7O. The van der Waals surface area contributed by atoms with Gasteiger partial charge < -0.3 is 9.80 Å². The average molecular weight is 453 g/mol. The number of aryl methyl sites for hydroxylation is 1. The van der Waals surface area contributed by atoms with E-state index in [0.717, 1.165) is 0 Å². The summed E-state index contributed by atoms with van der Waals surface area (Å²) in [5, 5.41) is 8.10. The zero-order chi connectivity index (χ0) is 23.3. The van der Waals surface area contributed by atoms with Crippen molar-refractivity contribution in [2.24, 2.45) is 11.8 Å². The number of likely N-dealkylation sites (tertiary alicyclic amines) is 1. The molecule has 2 saturated heterocycles. The number of carbonyl (C=O) groups excluding carboxylic acids is 1. The summed E-state index contributed by atoms with van der Waals surface area (Å²) in [5.41, 5.74) is -0.185. The third-order valence-corrected chi connectivity index (χ3v) is 6.35. The van der Waals surface area contributed by atoms with Crippen LogP contribution in [0.15, 0.2) is 36.7 Å². The van der Waals surface area contributed by atoms with Crippen LogP contribution in [0.5, 0.6) is 0 Å². The van der Waals surface area contributed by atoms with Crippen LogP contribution in [0.25, 0.3) is 5.69 Å². The smallest absolute Gasteiger partial charge is 0.259 e. The van der Waals surface area contributed by atoms with E-state index in [1.165, 1.54) is 43.2 Å². The number of amides is 1. The monoisotopic (exact) mass is 453 g/mol. The van der Waals surface area contributed by atoms with Crippen molar-refractivity contribution in [3.8, 4) is 5.69 Å². The van der Waals surface area contributed by atoms with Gasteiger partial charge in [-0.25, -0.2) is 18.7 Å². The first-order chi connectivity index (χ1) is 15.7. The molecule has 2 fully saturated rings. The molecule has 0 N–H and O–H groups in total. The molecule has 1 amide bonds. The molecule has 2 aliphatic heterocycles. The molecule has 4 heterocycles. The van der Waals surface area contributed by atoms with Crippen molar-refractivity contribution in [1.29, 1.82) is 0 Å². The Balaban J connectivity index is 1.34. The van der Waals surface area contributed by atoms with Crippen LogP contribution in [0.2, 0.25) is 0 Å². The van der Waals surface area contributed by atoms with Gasteiger partial charge in [0, 0.05) is 43.7 Å². The van der Waals surface area contributed by atoms with E-state index in [1.807, 2.05) is 6.92 Å². The van der Waals surface area contributed by atoms with E-state index in [0.29, 0.717) is 49.2 Å². The van der Waals surface area contributed by atoms with Gasteiger partial charge in [0.1, 0.15) is 22.7 Å². The van der Waals surface area contributed by atoms with E-state index < -0.39 is 11.5 Å². The van der Waals surface area contributed by atoms with Crippen LogP contribution in [0.4, 0.5) is 14.7 Å². The molecule has 8 nitrogen and oxygen atoms in total. The van der Waals surface area contributed by atoms with Gasteiger partial charge in [0.2, 0.25) is 5.95 Å². The molecule has 2 atom stereocenters. The number of hydrogen-bond donors (Lipinski definition) is 0. The zero-order valence-electron chi connectivity index (χ0n) is 18.7. The Morgan fingerprint density at radius 1 is 1.06 bits per heavy atom. The number of benzene rings is 1. The Morgan fingerprint density at radius 3 is 2.36 bits per heavy atom. The Labute approximate surface area is 190 Å². The minimum Gasteiger partial charge on any atom is -0.340 e. The van der Waals surface area contributed by atoms with Crippen LogP contribution >= 0.6 is 0 Å². The maximum atomic E-state index is 14.7. The lowest BCUT2D eigenvalue weighted by Crippen LogP contribution is -2.35. The molecule has 3 aromatic rings. The van der Waals surface area contributed by atoms with Crippen LogP contribution in [0, 0.1) is 24.6 Å². The number of anilines is 1. The van der Waals surface area contributed by atoms with Crippen molar-refractivity contribution in [2.45, 2.75) is 26.4 Å². The predicted molar refractivity (Wildman–Crippen MR) is 117 cm³/mol. The van der Waals surface area contributed by atoms with Gasteiger partial charge in [-0.1, -0.05) is 6.07 Å². The standard InChI is InChI=1S/C23H25F2N7O/c1-14-9-19(23(2,3)25)29-22(28-14)31-12-15-10-30(11-16(15)13-31)21(33)20-17(24)5-4-6-18(20)32-26-7-8-27-32/h4-9,15-16H,10-13H2,1-3H3/t15-,16+. The molecule has 172 valence electrons. The molecule has 1 aromatic carbocycles. The summed E-state index contributed by atoms with van der Waals surface area (Å²) >= 11 is 0. The number of hydrogen-bond acceptors (Lipinski definition) is 6. The summed E-state index contributed by atoms with van der Waals surface area (Å²) < 4.78 is 29.2. The van der Waals surface area contributed by atoms with Crippen LogP contribution in [0.3, 0.4) is 0 Å². The number of fused-ring (bicyclic) bond motifs is 1. The van der Waals surface area contributed by atoms with Gasteiger partial charge in [0.05, 0.1) is 18.1 Å². The fourth-order valence-electron chi connectivity index (χ4n) is 4.71. The molecule has 0 saturated carbocycles. The topological polar surface area (TPSA) is 80.0 Å². The highest BCUT2D eigenvalue weighted by Gasteiger charge is 2.43. The summed E-state index contributed by atoms with van der Waals surface area (Å²) in [6.07, 6.45) is 2.97. The molecule has 5 rings (SSSR count). The summed E-state index contributed by atoms with van der Waals surface area (Å²) in [5.74, 6) is -0.0299. The highest BCUT2D eigenvalue weighted by atomic mass is 19.1. The number of nitrogens with zero attached hydrogens (tertiary/aromatic N) is 7. The third kappa shape index (κ3) is 3.94. The van der Waals surface area contributed by atoms with Crippen LogP contribution in [0.1, 0.15) is 35.6 Å². The van der Waals surface area contributed by atoms with Crippen molar-refractivity contribution >= 4 is 11.9 Å². The Bertz CT molecular complexity index is 1180. The number of aromatic nitrogens is 5. The molecule has 0 radical (unpaired) electrons. The molecule has 0 spiro atoms. The normalized spacial score (nSPS) is 20.4. The van der Waals surface area contributed by atoms with Crippen molar-refractivity contribution < 1.29 is 13.6 Å². The lowest BCUT2D eigenvalue weighted by atomic mass is 10.0. The van der Waals surface area contributed by atoms with Gasteiger partial charge in [0.15, 0.2) is 0 Å². The molecule has 2 aromatic heterocycles. The van der Waals surface area contributed by atoms with E-state index in [1.54, 1.807) is 17.0 Å². The fraction of sp³-hybridized carbons (Fsp3) is 0.435. The van der Waals surface area contributed by atoms with Gasteiger partial charge in [-0.15, -0.1) is 0 Å². The van der Waals surface area contributed by atoms with Gasteiger partial charge in [0.25, 0.3) is 5.91 Å². The second kappa shape index (κ2) is 7.86. The van der Waals surface area contributed by atoms with Gasteiger partial charge >= 0.3 is 0 Å². The van der Waals surface area contributed by atoms with E-state index >= 15 is 0 Å². The Hall–Kier alpha value is -3.43. The molecule has 0 unspecified atom stereocenters. The number of carbonyl (C=O) groups is 1. The number of rotatable bonds is 4. The van der Waals surface area contributed by atoms with Crippen LogP contribution in [-0.2, 0) is 5.67 Å². The minimum atomic E-state index is -1.55. The summed E-state index contributed by atoms with van der Waals surface area (Å²) in [6, 6.07) is 6.11. The van der Waals surface area contributed by atoms with E-state index in [-0.39, 0.29) is 23.3 Å². The van der Waals surface area contributed by atoms with Crippen molar-refractivity contribution in [1.82, 2.24) is 29.9 Å². The molecule has 33 heavy (non-hydrogen) atoms. The molecule has 2 aliphatic rings. The number of halogens is 2. The first kappa shape index (κ1) is 21.4. The molecular weight excluding hydrogens is 428 g/mol. The average Bonchev–Trinajstić information content (AvgIpc) is 3.48. The summed E-state index contributed by atoms with van der Waals surface area (Å²) in [6.45, 7) is 7.14. The number of alkyl halides is 1. The SMILES string of the molecule is Cc1cc(C(C)(C)F)nc(N2C[C@H]3CN(C(=O)c4c(F)cccc4-n4nccn4)C[C@H]3C2)n1. The summed E-state index contributed by atoms with van der Waals surface area (Å²) in [7, 11) is 0. The lowest BCUT2D eigenvalue weighted by molar-refractivity contribution is 0.0777. The second-order valence-electron chi connectivity index (χ2n) is 9.25. The quantitative estimate of drug-likeness (QED) is 0.604. The maximum Gasteiger partial charge on any atom is 0.259 e. The second-order valence-corrected chi connectivity index (χ2v) is 9.25. The molecule has 10 heteroatoms. The summed E-state index contributed by atoms with van der Waals surface area (Å²) in [4.78, 5) is 27.3. The largest absolute Gasteiger partial charge is 0.340 e. The fourth-order valence-corrected chi connectivity index (χ4v) is 4.71. The molecule has 0 aliphatic carbocycles. The highest BCUT2D eigenvalue weighted by molar-refractivity contribution is 5.98. The predicted octanol–water partition coefficient (Wildman–Crippen LogP) is 2.92. The highest BCUT2D eigenvalue weighted by Crippen LogP contribution is 2.35. The molecule has 0 bridgehead atoms. The van der Waals surface area contributed by atoms with Gasteiger partial charge in [-0.05, 0) is 39.0 Å². The van der Waals surface area contributed by atoms with E-state index in [4.69, 9.17) is 0 Å². The van der Waals surface area contributed by atoms with Crippen LogP contribution in [-0.4, -0.2) is 61.9 Å². The van der Waals surface area contributed by atoms with Gasteiger partial charge in [-0.3, -0.25) is 4.79 Å². The Morgan fingerprint density at radius 2 is 1.73 bits per heavy atom. The van der Waals surface area contributed by atoms with E-state index in [2.05, 4.69) is 25.1 Å². The first-order valence-electron chi connectivity index (χ1n) is 10.9. The van der Waals surface area contributed by atoms with Crippen molar-refractivity contribution in [3.63, 3.8) is 0 Å². The van der Waals surface area contributed by atoms with Crippen molar-refractivity contribution in [3.05, 3.63) is 59.4 Å². The zero-order valence-corrected chi connectivity index (χ0v) is 18.7. The van der Waals surface area contributed by atoms with Crippen molar-refractivity contribution in [2.75, 3.05) is 31.1 Å². The Kier molecular flexibility index (Phi) is 5.10. The maximum absolute atomic E-state index is 14.7. The first-order valence-corrected chi connectivity index (χ1v) is 10.9. The lowest BCUT2D eigenvalue weighted by Gasteiger charge is -2.24. The van der Waals surface area contributed by atoms with Gasteiger partial charge in [-0.2, -0.15) is 15.0 Å². The van der Waals surface area contributed by atoms with E-state index in [9.17, 15) is 13.6 Å². The third-order valence-electron chi connectivity index (χ3n) is 6.35. The minimum absolute atomic E-state index is 0.0256. The van der Waals surface area contributed by atoms with Crippen LogP contribution < -0.4 is 4.90 Å².